The molecule has 90 valence electrons. The summed E-state index contributed by atoms with van der Waals surface area (Å²) in [5.41, 5.74) is 0.850. The van der Waals surface area contributed by atoms with Gasteiger partial charge in [0.1, 0.15) is 5.75 Å². The Morgan fingerprint density at radius 3 is 2.82 bits per heavy atom. The van der Waals surface area contributed by atoms with Crippen LogP contribution in [-0.2, 0) is 4.79 Å². The largest absolute Gasteiger partial charge is 0.490 e. The Kier molecular flexibility index (Phi) is 3.81. The Morgan fingerprint density at radius 2 is 2.12 bits per heavy atom. The zero-order chi connectivity index (χ0) is 12.1. The molecule has 3 nitrogen and oxygen atoms in total. The maximum atomic E-state index is 10.4. The molecular formula is C14H16O3. The number of hydrogen-bond donors (Lipinski definition) is 1. The van der Waals surface area contributed by atoms with Gasteiger partial charge in [0.05, 0.1) is 6.10 Å². The van der Waals surface area contributed by atoms with Crippen molar-refractivity contribution in [2.24, 2.45) is 0 Å². The van der Waals surface area contributed by atoms with Crippen LogP contribution in [0.2, 0.25) is 0 Å². The first-order valence-corrected chi connectivity index (χ1v) is 5.92. The number of rotatable bonds is 4. The third-order valence-corrected chi connectivity index (χ3v) is 2.88. The monoisotopic (exact) mass is 232 g/mol. The summed E-state index contributed by atoms with van der Waals surface area (Å²) in [5, 5.41) is 8.56. The van der Waals surface area contributed by atoms with Crippen molar-refractivity contribution in [3.63, 3.8) is 0 Å². The highest BCUT2D eigenvalue weighted by molar-refractivity contribution is 5.85. The van der Waals surface area contributed by atoms with Gasteiger partial charge in [0, 0.05) is 6.08 Å². The summed E-state index contributed by atoms with van der Waals surface area (Å²) in [7, 11) is 0. The number of carbonyl (C=O) groups is 1. The van der Waals surface area contributed by atoms with E-state index >= 15 is 0 Å². The van der Waals surface area contributed by atoms with Crippen molar-refractivity contribution < 1.29 is 14.6 Å². The molecule has 0 spiro atoms. The van der Waals surface area contributed by atoms with Gasteiger partial charge in [-0.3, -0.25) is 0 Å². The molecule has 3 heteroatoms. The van der Waals surface area contributed by atoms with Crippen LogP contribution in [0, 0.1) is 0 Å². The van der Waals surface area contributed by atoms with Crippen molar-refractivity contribution >= 4 is 12.0 Å². The molecule has 0 aromatic heterocycles. The zero-order valence-electron chi connectivity index (χ0n) is 9.63. The molecule has 0 saturated heterocycles. The van der Waals surface area contributed by atoms with Crippen LogP contribution in [-0.4, -0.2) is 17.2 Å². The van der Waals surface area contributed by atoms with Gasteiger partial charge in [-0.2, -0.15) is 0 Å². The molecule has 0 radical (unpaired) electrons. The van der Waals surface area contributed by atoms with Gasteiger partial charge in [-0.15, -0.1) is 0 Å². The van der Waals surface area contributed by atoms with Crippen molar-refractivity contribution in [1.82, 2.24) is 0 Å². The Morgan fingerprint density at radius 1 is 1.35 bits per heavy atom. The maximum Gasteiger partial charge on any atom is 0.328 e. The lowest BCUT2D eigenvalue weighted by molar-refractivity contribution is -0.131. The summed E-state index contributed by atoms with van der Waals surface area (Å²) in [6, 6.07) is 7.53. The zero-order valence-corrected chi connectivity index (χ0v) is 9.63. The molecule has 1 aromatic rings. The van der Waals surface area contributed by atoms with Crippen LogP contribution < -0.4 is 4.74 Å². The highest BCUT2D eigenvalue weighted by Crippen LogP contribution is 2.24. The van der Waals surface area contributed by atoms with Crippen LogP contribution in [0.3, 0.4) is 0 Å². The van der Waals surface area contributed by atoms with E-state index in [-0.39, 0.29) is 0 Å². The van der Waals surface area contributed by atoms with Gasteiger partial charge >= 0.3 is 5.97 Å². The third-order valence-electron chi connectivity index (χ3n) is 2.88. The van der Waals surface area contributed by atoms with Gasteiger partial charge in [-0.05, 0) is 49.5 Å². The summed E-state index contributed by atoms with van der Waals surface area (Å²) in [6.45, 7) is 0. The Hall–Kier alpha value is -1.77. The van der Waals surface area contributed by atoms with E-state index < -0.39 is 5.97 Å². The number of aliphatic carboxylic acids is 1. The van der Waals surface area contributed by atoms with E-state index in [1.807, 2.05) is 24.3 Å². The molecule has 1 saturated carbocycles. The van der Waals surface area contributed by atoms with Crippen molar-refractivity contribution in [3.05, 3.63) is 35.9 Å². The number of hydrogen-bond acceptors (Lipinski definition) is 2. The van der Waals surface area contributed by atoms with Crippen LogP contribution >= 0.6 is 0 Å². The molecule has 0 heterocycles. The van der Waals surface area contributed by atoms with E-state index in [1.165, 1.54) is 12.8 Å². The Bertz CT molecular complexity index is 417. The SMILES string of the molecule is O=C(O)/C=C/c1cccc(OC2CCCC2)c1. The molecule has 0 unspecified atom stereocenters. The molecular weight excluding hydrogens is 216 g/mol. The highest BCUT2D eigenvalue weighted by Gasteiger charge is 2.16. The molecule has 1 fully saturated rings. The quantitative estimate of drug-likeness (QED) is 0.811. The molecule has 1 aromatic carbocycles. The van der Waals surface area contributed by atoms with Gasteiger partial charge < -0.3 is 9.84 Å². The van der Waals surface area contributed by atoms with Crippen molar-refractivity contribution in [2.75, 3.05) is 0 Å². The van der Waals surface area contributed by atoms with Gasteiger partial charge in [-0.25, -0.2) is 4.79 Å². The van der Waals surface area contributed by atoms with Gasteiger partial charge in [-0.1, -0.05) is 12.1 Å². The topological polar surface area (TPSA) is 46.5 Å². The first kappa shape index (κ1) is 11.7. The fourth-order valence-electron chi connectivity index (χ4n) is 2.06. The first-order chi connectivity index (χ1) is 8.24. The third kappa shape index (κ3) is 3.63. The summed E-state index contributed by atoms with van der Waals surface area (Å²) < 4.78 is 5.84. The van der Waals surface area contributed by atoms with Crippen LogP contribution in [0.1, 0.15) is 31.2 Å². The van der Waals surface area contributed by atoms with Crippen LogP contribution in [0.4, 0.5) is 0 Å². The van der Waals surface area contributed by atoms with Crippen molar-refractivity contribution in [1.29, 1.82) is 0 Å². The molecule has 0 atom stereocenters. The average Bonchev–Trinajstić information content (AvgIpc) is 2.80. The lowest BCUT2D eigenvalue weighted by Gasteiger charge is -2.13. The number of carboxylic acid groups (broad SMARTS) is 1. The Labute approximate surface area is 101 Å². The average molecular weight is 232 g/mol. The predicted octanol–water partition coefficient (Wildman–Crippen LogP) is 3.11. The second-order valence-corrected chi connectivity index (χ2v) is 4.27. The molecule has 0 aliphatic heterocycles. The smallest absolute Gasteiger partial charge is 0.328 e. The van der Waals surface area contributed by atoms with Crippen LogP contribution in [0.5, 0.6) is 5.75 Å². The van der Waals surface area contributed by atoms with E-state index in [0.717, 1.165) is 30.2 Å². The minimum Gasteiger partial charge on any atom is -0.490 e. The molecule has 1 aliphatic carbocycles. The van der Waals surface area contributed by atoms with Gasteiger partial charge in [0.2, 0.25) is 0 Å². The second-order valence-electron chi connectivity index (χ2n) is 4.27. The Balaban J connectivity index is 2.02. The second kappa shape index (κ2) is 5.53. The summed E-state index contributed by atoms with van der Waals surface area (Å²) in [6.07, 6.45) is 7.75. The minimum absolute atomic E-state index is 0.328. The van der Waals surface area contributed by atoms with E-state index in [4.69, 9.17) is 9.84 Å². The van der Waals surface area contributed by atoms with Crippen molar-refractivity contribution in [3.8, 4) is 5.75 Å². The van der Waals surface area contributed by atoms with Gasteiger partial charge in [0.25, 0.3) is 0 Å². The van der Waals surface area contributed by atoms with Crippen LogP contribution in [0.25, 0.3) is 6.08 Å². The molecule has 0 amide bonds. The van der Waals surface area contributed by atoms with E-state index in [1.54, 1.807) is 6.08 Å². The van der Waals surface area contributed by atoms with Crippen LogP contribution in [0.15, 0.2) is 30.3 Å². The summed E-state index contributed by atoms with van der Waals surface area (Å²) in [4.78, 5) is 10.4. The molecule has 2 rings (SSSR count). The number of carboxylic acids is 1. The first-order valence-electron chi connectivity index (χ1n) is 5.92. The predicted molar refractivity (Wildman–Crippen MR) is 66.0 cm³/mol. The normalized spacial score (nSPS) is 16.5. The van der Waals surface area contributed by atoms with Crippen molar-refractivity contribution in [2.45, 2.75) is 31.8 Å². The van der Waals surface area contributed by atoms with E-state index in [0.29, 0.717) is 6.10 Å². The molecule has 1 N–H and O–H groups in total. The highest BCUT2D eigenvalue weighted by atomic mass is 16.5. The fourth-order valence-corrected chi connectivity index (χ4v) is 2.06. The summed E-state index contributed by atoms with van der Waals surface area (Å²) >= 11 is 0. The fraction of sp³-hybridized carbons (Fsp3) is 0.357. The molecule has 17 heavy (non-hydrogen) atoms. The molecule has 0 bridgehead atoms. The maximum absolute atomic E-state index is 10.4. The lowest BCUT2D eigenvalue weighted by Crippen LogP contribution is -2.10. The number of ether oxygens (including phenoxy) is 1. The van der Waals surface area contributed by atoms with E-state index in [9.17, 15) is 4.79 Å². The lowest BCUT2D eigenvalue weighted by atomic mass is 10.2. The van der Waals surface area contributed by atoms with E-state index in [2.05, 4.69) is 0 Å². The summed E-state index contributed by atoms with van der Waals surface area (Å²) in [5.74, 6) is -0.114. The number of benzene rings is 1. The standard InChI is InChI=1S/C14H16O3/c15-14(16)9-8-11-4-3-7-13(10-11)17-12-5-1-2-6-12/h3-4,7-10,12H,1-2,5-6H2,(H,15,16)/b9-8+. The minimum atomic E-state index is -0.938. The molecule has 1 aliphatic rings. The van der Waals surface area contributed by atoms with Gasteiger partial charge in [0.15, 0.2) is 0 Å².